The van der Waals surface area contributed by atoms with E-state index in [0.29, 0.717) is 6.61 Å². The Labute approximate surface area is 95.6 Å². The Bertz CT molecular complexity index is 314. The summed E-state index contributed by atoms with van der Waals surface area (Å²) in [5, 5.41) is 0. The molecule has 2 aliphatic rings. The highest BCUT2D eigenvalue weighted by atomic mass is 31.2. The van der Waals surface area contributed by atoms with E-state index in [9.17, 15) is 9.46 Å². The van der Waals surface area contributed by atoms with Crippen LogP contribution in [-0.4, -0.2) is 43.1 Å². The van der Waals surface area contributed by atoms with Crippen LogP contribution in [0.25, 0.3) is 0 Å². The number of rotatable bonds is 4. The first-order valence-corrected chi connectivity index (χ1v) is 7.56. The molecule has 0 aromatic carbocycles. The fourth-order valence-corrected chi connectivity index (χ4v) is 3.75. The Hall–Kier alpha value is 0.0700. The van der Waals surface area contributed by atoms with Gasteiger partial charge in [-0.3, -0.25) is 4.57 Å². The van der Waals surface area contributed by atoms with E-state index in [1.165, 1.54) is 6.66 Å². The zero-order chi connectivity index (χ0) is 12.0. The summed E-state index contributed by atoms with van der Waals surface area (Å²) >= 11 is 0. The Morgan fingerprint density at radius 3 is 2.81 bits per heavy atom. The van der Waals surface area contributed by atoms with Crippen LogP contribution >= 0.6 is 7.60 Å². The standard InChI is InChI=1S/C10H19O5P/c1-7-8-4-5-10(14-7,6-13-2)9(8)15-16(3,11)12/h7-9H,4-6H2,1-3H3,(H,11,12)/t7-,8+,9?,10+/m0/s1. The molecule has 1 aliphatic carbocycles. The summed E-state index contributed by atoms with van der Waals surface area (Å²) in [6.45, 7) is 3.62. The van der Waals surface area contributed by atoms with E-state index in [1.807, 2.05) is 6.92 Å². The van der Waals surface area contributed by atoms with Crippen LogP contribution in [0.15, 0.2) is 0 Å². The highest BCUT2D eigenvalue weighted by Crippen LogP contribution is 2.55. The largest absolute Gasteiger partial charge is 0.382 e. The summed E-state index contributed by atoms with van der Waals surface area (Å²) in [6.07, 6.45) is 1.55. The van der Waals surface area contributed by atoms with Gasteiger partial charge in [0, 0.05) is 19.7 Å². The molecule has 2 rings (SSSR count). The first kappa shape index (κ1) is 12.5. The molecule has 0 amide bonds. The van der Waals surface area contributed by atoms with Crippen molar-refractivity contribution >= 4 is 7.60 Å². The average molecular weight is 250 g/mol. The first-order chi connectivity index (χ1) is 7.38. The molecule has 5 nitrogen and oxygen atoms in total. The van der Waals surface area contributed by atoms with Crippen LogP contribution in [0, 0.1) is 5.92 Å². The van der Waals surface area contributed by atoms with E-state index in [0.717, 1.165) is 12.8 Å². The lowest BCUT2D eigenvalue weighted by molar-refractivity contribution is -0.117. The molecular formula is C10H19O5P. The van der Waals surface area contributed by atoms with Crippen molar-refractivity contribution in [3.05, 3.63) is 0 Å². The second-order valence-electron chi connectivity index (χ2n) is 4.85. The summed E-state index contributed by atoms with van der Waals surface area (Å²) in [5.41, 5.74) is -0.521. The maximum absolute atomic E-state index is 11.4. The Balaban J connectivity index is 2.19. The molecule has 5 atom stereocenters. The second-order valence-corrected chi connectivity index (χ2v) is 6.67. The SMILES string of the molecule is COC[C@]12CC[C@@H](C1OP(C)(=O)O)[C@H](C)O2. The summed E-state index contributed by atoms with van der Waals surface area (Å²) in [4.78, 5) is 9.35. The lowest BCUT2D eigenvalue weighted by Crippen LogP contribution is -2.42. The molecule has 94 valence electrons. The molecule has 1 aliphatic heterocycles. The minimum Gasteiger partial charge on any atom is -0.382 e. The van der Waals surface area contributed by atoms with Crippen molar-refractivity contribution in [2.24, 2.45) is 5.92 Å². The third-order valence-electron chi connectivity index (χ3n) is 3.53. The number of fused-ring (bicyclic) bond motifs is 2. The Morgan fingerprint density at radius 2 is 2.31 bits per heavy atom. The molecule has 1 saturated heterocycles. The zero-order valence-corrected chi connectivity index (χ0v) is 10.8. The number of methoxy groups -OCH3 is 1. The molecule has 1 N–H and O–H groups in total. The molecular weight excluding hydrogens is 231 g/mol. The van der Waals surface area contributed by atoms with Gasteiger partial charge in [0.15, 0.2) is 0 Å². The predicted molar refractivity (Wildman–Crippen MR) is 58.5 cm³/mol. The zero-order valence-electron chi connectivity index (χ0n) is 9.88. The van der Waals surface area contributed by atoms with E-state index < -0.39 is 13.2 Å². The van der Waals surface area contributed by atoms with Gasteiger partial charge in [-0.05, 0) is 19.8 Å². The average Bonchev–Trinajstić information content (AvgIpc) is 2.54. The first-order valence-electron chi connectivity index (χ1n) is 5.53. The van der Waals surface area contributed by atoms with Crippen molar-refractivity contribution in [3.63, 3.8) is 0 Å². The van der Waals surface area contributed by atoms with Gasteiger partial charge in [-0.15, -0.1) is 0 Å². The summed E-state index contributed by atoms with van der Waals surface area (Å²) in [6, 6.07) is 0. The van der Waals surface area contributed by atoms with Crippen molar-refractivity contribution < 1.29 is 23.5 Å². The predicted octanol–water partition coefficient (Wildman–Crippen LogP) is 1.40. The van der Waals surface area contributed by atoms with E-state index in [-0.39, 0.29) is 18.1 Å². The molecule has 0 radical (unpaired) electrons. The van der Waals surface area contributed by atoms with Crippen LogP contribution in [0.2, 0.25) is 0 Å². The van der Waals surface area contributed by atoms with Crippen molar-refractivity contribution in [2.45, 2.75) is 37.6 Å². The van der Waals surface area contributed by atoms with Crippen molar-refractivity contribution in [1.29, 1.82) is 0 Å². The van der Waals surface area contributed by atoms with E-state index in [4.69, 9.17) is 14.0 Å². The molecule has 2 bridgehead atoms. The third kappa shape index (κ3) is 2.07. The monoisotopic (exact) mass is 250 g/mol. The maximum atomic E-state index is 11.4. The molecule has 1 saturated carbocycles. The fourth-order valence-electron chi connectivity index (χ4n) is 2.98. The molecule has 2 unspecified atom stereocenters. The topological polar surface area (TPSA) is 65.0 Å². The lowest BCUT2D eigenvalue weighted by atomic mass is 9.99. The summed E-state index contributed by atoms with van der Waals surface area (Å²) < 4.78 is 27.7. The van der Waals surface area contributed by atoms with Gasteiger partial charge in [0.1, 0.15) is 11.7 Å². The van der Waals surface area contributed by atoms with Gasteiger partial charge in [-0.2, -0.15) is 0 Å². The van der Waals surface area contributed by atoms with Gasteiger partial charge >= 0.3 is 7.60 Å². The normalized spacial score (nSPS) is 45.9. The van der Waals surface area contributed by atoms with Crippen LogP contribution in [-0.2, 0) is 18.6 Å². The quantitative estimate of drug-likeness (QED) is 0.764. The summed E-state index contributed by atoms with van der Waals surface area (Å²) in [7, 11) is -1.87. The van der Waals surface area contributed by atoms with E-state index in [2.05, 4.69) is 0 Å². The molecule has 0 aromatic heterocycles. The number of hydrogen-bond donors (Lipinski definition) is 1. The van der Waals surface area contributed by atoms with Gasteiger partial charge in [-0.25, -0.2) is 0 Å². The van der Waals surface area contributed by atoms with Gasteiger partial charge in [0.05, 0.1) is 12.7 Å². The Morgan fingerprint density at radius 1 is 1.62 bits per heavy atom. The van der Waals surface area contributed by atoms with Gasteiger partial charge in [0.2, 0.25) is 0 Å². The molecule has 0 spiro atoms. The second kappa shape index (κ2) is 4.07. The fraction of sp³-hybridized carbons (Fsp3) is 1.00. The molecule has 1 heterocycles. The molecule has 6 heteroatoms. The molecule has 2 fully saturated rings. The van der Waals surface area contributed by atoms with Crippen LogP contribution < -0.4 is 0 Å². The van der Waals surface area contributed by atoms with Crippen LogP contribution in [0.1, 0.15) is 19.8 Å². The molecule has 0 aromatic rings. The van der Waals surface area contributed by atoms with Crippen molar-refractivity contribution in [1.82, 2.24) is 0 Å². The van der Waals surface area contributed by atoms with Gasteiger partial charge in [0.25, 0.3) is 0 Å². The lowest BCUT2D eigenvalue weighted by Gasteiger charge is -2.31. The minimum atomic E-state index is -3.48. The number of ether oxygens (including phenoxy) is 2. The maximum Gasteiger partial charge on any atom is 0.325 e. The van der Waals surface area contributed by atoms with Gasteiger partial charge in [-0.1, -0.05) is 0 Å². The highest BCUT2D eigenvalue weighted by molar-refractivity contribution is 7.51. The smallest absolute Gasteiger partial charge is 0.325 e. The third-order valence-corrected chi connectivity index (χ3v) is 4.15. The van der Waals surface area contributed by atoms with E-state index >= 15 is 0 Å². The Kier molecular flexibility index (Phi) is 3.19. The van der Waals surface area contributed by atoms with Crippen LogP contribution in [0.5, 0.6) is 0 Å². The van der Waals surface area contributed by atoms with Crippen molar-refractivity contribution in [3.8, 4) is 0 Å². The number of hydrogen-bond acceptors (Lipinski definition) is 4. The van der Waals surface area contributed by atoms with Gasteiger partial charge < -0.3 is 18.9 Å². The van der Waals surface area contributed by atoms with Crippen LogP contribution in [0.3, 0.4) is 0 Å². The van der Waals surface area contributed by atoms with Crippen molar-refractivity contribution in [2.75, 3.05) is 20.4 Å². The molecule has 16 heavy (non-hydrogen) atoms. The minimum absolute atomic E-state index is 0.0699. The van der Waals surface area contributed by atoms with E-state index in [1.54, 1.807) is 7.11 Å². The van der Waals surface area contributed by atoms with Crippen LogP contribution in [0.4, 0.5) is 0 Å². The highest BCUT2D eigenvalue weighted by Gasteiger charge is 2.60. The summed E-state index contributed by atoms with van der Waals surface area (Å²) in [5.74, 6) is 0.204.